The molecule has 2 aliphatic heterocycles. The summed E-state index contributed by atoms with van der Waals surface area (Å²) in [5.41, 5.74) is 2.78. The molecule has 0 saturated carbocycles. The fourth-order valence-corrected chi connectivity index (χ4v) is 3.58. The van der Waals surface area contributed by atoms with Crippen LogP contribution in [0.5, 0.6) is 0 Å². The zero-order valence-corrected chi connectivity index (χ0v) is 12.3. The van der Waals surface area contributed by atoms with Crippen LogP contribution in [0.4, 0.5) is 0 Å². The highest BCUT2D eigenvalue weighted by Gasteiger charge is 2.23. The van der Waals surface area contributed by atoms with E-state index in [-0.39, 0.29) is 0 Å². The van der Waals surface area contributed by atoms with Crippen molar-refractivity contribution in [3.05, 3.63) is 17.2 Å². The lowest BCUT2D eigenvalue weighted by Crippen LogP contribution is -2.30. The van der Waals surface area contributed by atoms with Crippen LogP contribution in [0.3, 0.4) is 0 Å². The first-order chi connectivity index (χ1) is 9.29. The first kappa shape index (κ1) is 13.1. The van der Waals surface area contributed by atoms with Crippen molar-refractivity contribution in [3.8, 4) is 0 Å². The number of imidazole rings is 1. The van der Waals surface area contributed by atoms with E-state index in [1.54, 1.807) is 0 Å². The first-order valence-corrected chi connectivity index (χ1v) is 7.81. The van der Waals surface area contributed by atoms with Crippen LogP contribution in [0.1, 0.15) is 49.9 Å². The van der Waals surface area contributed by atoms with Crippen LogP contribution in [-0.4, -0.2) is 40.6 Å². The van der Waals surface area contributed by atoms with Crippen molar-refractivity contribution in [2.45, 2.75) is 52.1 Å². The summed E-state index contributed by atoms with van der Waals surface area (Å²) in [5.74, 6) is 1.28. The van der Waals surface area contributed by atoms with Gasteiger partial charge in [-0.05, 0) is 32.9 Å². The Hall–Kier alpha value is -0.870. The molecular weight excluding hydrogens is 236 g/mol. The Labute approximate surface area is 116 Å². The van der Waals surface area contributed by atoms with Crippen molar-refractivity contribution in [2.75, 3.05) is 26.2 Å². The van der Waals surface area contributed by atoms with E-state index in [0.29, 0.717) is 6.04 Å². The highest BCUT2D eigenvalue weighted by molar-refractivity contribution is 5.21. The van der Waals surface area contributed by atoms with Crippen molar-refractivity contribution >= 4 is 0 Å². The standard InChI is InChI=1S/C15H26N4/c1-3-15-17-13-10-16-7-6-14(13)19(15)12(2)11-18-8-4-5-9-18/h12,16H,3-11H2,1-2H3. The van der Waals surface area contributed by atoms with E-state index in [2.05, 4.69) is 28.6 Å². The average molecular weight is 262 g/mol. The molecule has 1 fully saturated rings. The fraction of sp³-hybridized carbons (Fsp3) is 0.800. The Balaban J connectivity index is 1.83. The molecule has 0 radical (unpaired) electrons. The van der Waals surface area contributed by atoms with Crippen LogP contribution in [0.15, 0.2) is 0 Å². The molecule has 0 bridgehead atoms. The second-order valence-electron chi connectivity index (χ2n) is 5.93. The molecule has 3 heterocycles. The smallest absolute Gasteiger partial charge is 0.109 e. The number of fused-ring (bicyclic) bond motifs is 1. The molecule has 0 spiro atoms. The minimum Gasteiger partial charge on any atom is -0.328 e. The van der Waals surface area contributed by atoms with Crippen LogP contribution in [0, 0.1) is 0 Å². The summed E-state index contributed by atoms with van der Waals surface area (Å²) in [5, 5.41) is 3.43. The molecule has 4 nitrogen and oxygen atoms in total. The monoisotopic (exact) mass is 262 g/mol. The number of rotatable bonds is 4. The van der Waals surface area contributed by atoms with Gasteiger partial charge in [0.1, 0.15) is 5.82 Å². The zero-order chi connectivity index (χ0) is 13.2. The molecule has 19 heavy (non-hydrogen) atoms. The SMILES string of the molecule is CCc1nc2c(n1C(C)CN1CCCC1)CCNC2. The molecule has 1 atom stereocenters. The highest BCUT2D eigenvalue weighted by Crippen LogP contribution is 2.23. The largest absolute Gasteiger partial charge is 0.328 e. The summed E-state index contributed by atoms with van der Waals surface area (Å²) in [7, 11) is 0. The number of hydrogen-bond donors (Lipinski definition) is 1. The summed E-state index contributed by atoms with van der Waals surface area (Å²) in [6, 6.07) is 0.558. The molecule has 0 aliphatic carbocycles. The molecule has 3 rings (SSSR count). The third kappa shape index (κ3) is 2.56. The van der Waals surface area contributed by atoms with Gasteiger partial charge in [0, 0.05) is 44.2 Å². The predicted molar refractivity (Wildman–Crippen MR) is 77.4 cm³/mol. The Morgan fingerprint density at radius 1 is 1.32 bits per heavy atom. The molecule has 0 amide bonds. The van der Waals surface area contributed by atoms with E-state index in [1.807, 2.05) is 0 Å². The Morgan fingerprint density at radius 3 is 2.84 bits per heavy atom. The lowest BCUT2D eigenvalue weighted by atomic mass is 10.1. The molecule has 1 aromatic rings. The third-order valence-electron chi connectivity index (χ3n) is 4.48. The molecule has 1 aromatic heterocycles. The number of likely N-dealkylation sites (tertiary alicyclic amines) is 1. The maximum atomic E-state index is 4.85. The van der Waals surface area contributed by atoms with Gasteiger partial charge in [-0.15, -0.1) is 0 Å². The summed E-state index contributed by atoms with van der Waals surface area (Å²) >= 11 is 0. The maximum absolute atomic E-state index is 4.85. The van der Waals surface area contributed by atoms with Gasteiger partial charge in [0.2, 0.25) is 0 Å². The second kappa shape index (κ2) is 5.63. The van der Waals surface area contributed by atoms with E-state index < -0.39 is 0 Å². The Morgan fingerprint density at radius 2 is 2.11 bits per heavy atom. The van der Waals surface area contributed by atoms with Crippen LogP contribution in [-0.2, 0) is 19.4 Å². The van der Waals surface area contributed by atoms with Crippen LogP contribution < -0.4 is 5.32 Å². The lowest BCUT2D eigenvalue weighted by Gasteiger charge is -2.25. The third-order valence-corrected chi connectivity index (χ3v) is 4.48. The Kier molecular flexibility index (Phi) is 3.89. The quantitative estimate of drug-likeness (QED) is 0.897. The van der Waals surface area contributed by atoms with Crippen LogP contribution in [0.2, 0.25) is 0 Å². The normalized spacial score (nSPS) is 21.6. The van der Waals surface area contributed by atoms with Gasteiger partial charge in [-0.25, -0.2) is 4.98 Å². The van der Waals surface area contributed by atoms with Crippen LogP contribution >= 0.6 is 0 Å². The van der Waals surface area contributed by atoms with Gasteiger partial charge in [-0.2, -0.15) is 0 Å². The van der Waals surface area contributed by atoms with E-state index in [9.17, 15) is 0 Å². The molecule has 1 unspecified atom stereocenters. The Bertz CT molecular complexity index is 432. The first-order valence-electron chi connectivity index (χ1n) is 7.81. The van der Waals surface area contributed by atoms with E-state index >= 15 is 0 Å². The second-order valence-corrected chi connectivity index (χ2v) is 5.93. The molecule has 1 N–H and O–H groups in total. The summed E-state index contributed by atoms with van der Waals surface area (Å²) in [6.07, 6.45) is 4.92. The molecule has 0 aromatic carbocycles. The van der Waals surface area contributed by atoms with Gasteiger partial charge < -0.3 is 14.8 Å². The topological polar surface area (TPSA) is 33.1 Å². The number of hydrogen-bond acceptors (Lipinski definition) is 3. The van der Waals surface area contributed by atoms with Crippen LogP contribution in [0.25, 0.3) is 0 Å². The van der Waals surface area contributed by atoms with Crippen molar-refractivity contribution in [1.82, 2.24) is 19.8 Å². The summed E-state index contributed by atoms with van der Waals surface area (Å²) in [6.45, 7) is 10.4. The van der Waals surface area contributed by atoms with E-state index in [4.69, 9.17) is 4.98 Å². The number of aromatic nitrogens is 2. The molecule has 1 saturated heterocycles. The highest BCUT2D eigenvalue weighted by atomic mass is 15.2. The number of aryl methyl sites for hydroxylation is 1. The van der Waals surface area contributed by atoms with Crippen molar-refractivity contribution in [2.24, 2.45) is 0 Å². The minimum absolute atomic E-state index is 0.558. The molecular formula is C15H26N4. The zero-order valence-electron chi connectivity index (χ0n) is 12.3. The predicted octanol–water partition coefficient (Wildman–Crippen LogP) is 1.75. The lowest BCUT2D eigenvalue weighted by molar-refractivity contribution is 0.282. The van der Waals surface area contributed by atoms with Crippen molar-refractivity contribution in [1.29, 1.82) is 0 Å². The number of nitrogens with zero attached hydrogens (tertiary/aromatic N) is 3. The fourth-order valence-electron chi connectivity index (χ4n) is 3.58. The molecule has 2 aliphatic rings. The number of nitrogens with one attached hydrogen (secondary N) is 1. The van der Waals surface area contributed by atoms with E-state index in [1.165, 1.54) is 49.7 Å². The van der Waals surface area contributed by atoms with Gasteiger partial charge in [0.25, 0.3) is 0 Å². The molecule has 4 heteroatoms. The maximum Gasteiger partial charge on any atom is 0.109 e. The van der Waals surface area contributed by atoms with Crippen molar-refractivity contribution < 1.29 is 0 Å². The minimum atomic E-state index is 0.558. The van der Waals surface area contributed by atoms with Crippen molar-refractivity contribution in [3.63, 3.8) is 0 Å². The van der Waals surface area contributed by atoms with Gasteiger partial charge in [-0.1, -0.05) is 6.92 Å². The average Bonchev–Trinajstić information content (AvgIpc) is 3.04. The van der Waals surface area contributed by atoms with E-state index in [0.717, 1.165) is 25.9 Å². The van der Waals surface area contributed by atoms with Gasteiger partial charge in [0.15, 0.2) is 0 Å². The summed E-state index contributed by atoms with van der Waals surface area (Å²) in [4.78, 5) is 7.46. The summed E-state index contributed by atoms with van der Waals surface area (Å²) < 4.78 is 2.54. The van der Waals surface area contributed by atoms with Gasteiger partial charge >= 0.3 is 0 Å². The molecule has 106 valence electrons. The van der Waals surface area contributed by atoms with Gasteiger partial charge in [0.05, 0.1) is 5.69 Å². The van der Waals surface area contributed by atoms with Gasteiger partial charge in [-0.3, -0.25) is 0 Å².